The van der Waals surface area contributed by atoms with E-state index in [0.29, 0.717) is 18.1 Å². The predicted octanol–water partition coefficient (Wildman–Crippen LogP) is 2.03. The minimum Gasteiger partial charge on any atom is -0.485 e. The summed E-state index contributed by atoms with van der Waals surface area (Å²) in [5, 5.41) is 10.9. The summed E-state index contributed by atoms with van der Waals surface area (Å²) in [5.41, 5.74) is 0.867. The lowest BCUT2D eigenvalue weighted by atomic mass is 10.2. The molecule has 6 heteroatoms. The third kappa shape index (κ3) is 4.03. The fourth-order valence-electron chi connectivity index (χ4n) is 1.80. The average Bonchev–Trinajstić information content (AvgIpc) is 2.82. The van der Waals surface area contributed by atoms with Gasteiger partial charge in [0.25, 0.3) is 0 Å². The second kappa shape index (κ2) is 7.00. The van der Waals surface area contributed by atoms with Crippen molar-refractivity contribution >= 4 is 0 Å². The number of nitrogens with zero attached hydrogens (tertiary/aromatic N) is 3. The average molecular weight is 278 g/mol. The molecular weight excluding hydrogens is 259 g/mol. The van der Waals surface area contributed by atoms with Crippen LogP contribution in [-0.2, 0) is 20.2 Å². The van der Waals surface area contributed by atoms with Crippen LogP contribution in [0.25, 0.3) is 0 Å². The molecule has 1 heterocycles. The molecule has 5 nitrogen and oxygen atoms in total. The van der Waals surface area contributed by atoms with Crippen LogP contribution in [0.3, 0.4) is 0 Å². The lowest BCUT2D eigenvalue weighted by molar-refractivity contribution is 0.289. The lowest BCUT2D eigenvalue weighted by Gasteiger charge is -2.09. The van der Waals surface area contributed by atoms with E-state index >= 15 is 0 Å². The molecule has 2 aromatic rings. The van der Waals surface area contributed by atoms with E-state index in [1.165, 1.54) is 12.1 Å². The lowest BCUT2D eigenvalue weighted by Crippen LogP contribution is -2.14. The van der Waals surface area contributed by atoms with Crippen molar-refractivity contribution in [2.24, 2.45) is 7.05 Å². The van der Waals surface area contributed by atoms with Crippen LogP contribution in [0.1, 0.15) is 24.7 Å². The Kier molecular flexibility index (Phi) is 5.06. The van der Waals surface area contributed by atoms with Gasteiger partial charge in [0.05, 0.1) is 0 Å². The number of hydrogen-bond donors (Lipinski definition) is 1. The summed E-state index contributed by atoms with van der Waals surface area (Å²) in [4.78, 5) is 0. The van der Waals surface area contributed by atoms with Gasteiger partial charge in [0.15, 0.2) is 5.82 Å². The van der Waals surface area contributed by atoms with E-state index in [4.69, 9.17) is 4.74 Å². The largest absolute Gasteiger partial charge is 0.485 e. The Balaban J connectivity index is 1.98. The molecule has 0 atom stereocenters. The summed E-state index contributed by atoms with van der Waals surface area (Å²) in [6.45, 7) is 3.90. The Morgan fingerprint density at radius 1 is 1.35 bits per heavy atom. The highest BCUT2D eigenvalue weighted by Crippen LogP contribution is 2.17. The molecule has 1 aromatic carbocycles. The van der Waals surface area contributed by atoms with Gasteiger partial charge in [-0.15, -0.1) is 10.2 Å². The first-order chi connectivity index (χ1) is 9.69. The number of ether oxygens (including phenoxy) is 1. The van der Waals surface area contributed by atoms with Gasteiger partial charge in [-0.2, -0.15) is 0 Å². The number of rotatable bonds is 7. The Labute approximate surface area is 117 Å². The van der Waals surface area contributed by atoms with Crippen molar-refractivity contribution in [1.29, 1.82) is 0 Å². The first-order valence-corrected chi connectivity index (χ1v) is 6.65. The van der Waals surface area contributed by atoms with Crippen molar-refractivity contribution in [3.05, 3.63) is 41.7 Å². The summed E-state index contributed by atoms with van der Waals surface area (Å²) < 4.78 is 20.9. The monoisotopic (exact) mass is 278 g/mol. The molecule has 0 spiro atoms. The van der Waals surface area contributed by atoms with Crippen LogP contribution < -0.4 is 10.1 Å². The minimum absolute atomic E-state index is 0.266. The Bertz CT molecular complexity index is 556. The number of aryl methyl sites for hydroxylation is 1. The highest BCUT2D eigenvalue weighted by molar-refractivity contribution is 5.29. The molecule has 0 unspecified atom stereocenters. The molecule has 0 bridgehead atoms. The second-order valence-corrected chi connectivity index (χ2v) is 4.62. The van der Waals surface area contributed by atoms with Crippen LogP contribution in [0.15, 0.2) is 24.5 Å². The van der Waals surface area contributed by atoms with Crippen molar-refractivity contribution in [2.45, 2.75) is 26.5 Å². The van der Waals surface area contributed by atoms with Gasteiger partial charge in [0.1, 0.15) is 24.5 Å². The molecule has 0 radical (unpaired) electrons. The van der Waals surface area contributed by atoms with Gasteiger partial charge in [0, 0.05) is 19.7 Å². The second-order valence-electron chi connectivity index (χ2n) is 4.62. The molecule has 0 saturated heterocycles. The number of benzene rings is 1. The smallest absolute Gasteiger partial charge is 0.170 e. The molecule has 0 fully saturated rings. The number of halogens is 1. The van der Waals surface area contributed by atoms with Crippen molar-refractivity contribution in [3.8, 4) is 5.75 Å². The molecule has 2 rings (SSSR count). The van der Waals surface area contributed by atoms with E-state index in [1.807, 2.05) is 13.1 Å². The number of hydrogen-bond acceptors (Lipinski definition) is 4. The zero-order valence-electron chi connectivity index (χ0n) is 11.8. The Hall–Kier alpha value is -1.95. The minimum atomic E-state index is -0.297. The summed E-state index contributed by atoms with van der Waals surface area (Å²) >= 11 is 0. The molecule has 0 saturated carbocycles. The first-order valence-electron chi connectivity index (χ1n) is 6.65. The van der Waals surface area contributed by atoms with Crippen LogP contribution in [0.5, 0.6) is 5.75 Å². The van der Waals surface area contributed by atoms with Crippen LogP contribution in [-0.4, -0.2) is 21.3 Å². The normalized spacial score (nSPS) is 10.8. The zero-order valence-corrected chi connectivity index (χ0v) is 11.8. The Morgan fingerprint density at radius 3 is 2.90 bits per heavy atom. The van der Waals surface area contributed by atoms with Gasteiger partial charge >= 0.3 is 0 Å². The molecule has 20 heavy (non-hydrogen) atoms. The van der Waals surface area contributed by atoms with Gasteiger partial charge in [0.2, 0.25) is 0 Å². The topological polar surface area (TPSA) is 52.0 Å². The molecule has 0 aliphatic carbocycles. The molecule has 0 aliphatic rings. The van der Waals surface area contributed by atoms with Crippen molar-refractivity contribution in [2.75, 3.05) is 6.54 Å². The summed E-state index contributed by atoms with van der Waals surface area (Å²) in [6.07, 6.45) is 2.65. The number of aromatic nitrogens is 3. The van der Waals surface area contributed by atoms with Gasteiger partial charge in [-0.05, 0) is 30.7 Å². The third-order valence-corrected chi connectivity index (χ3v) is 2.86. The van der Waals surface area contributed by atoms with Gasteiger partial charge in [-0.3, -0.25) is 0 Å². The maximum Gasteiger partial charge on any atom is 0.170 e. The van der Waals surface area contributed by atoms with E-state index in [2.05, 4.69) is 22.4 Å². The molecule has 108 valence electrons. The summed E-state index contributed by atoms with van der Waals surface area (Å²) in [5.74, 6) is 0.898. The van der Waals surface area contributed by atoms with Crippen LogP contribution in [0.2, 0.25) is 0 Å². The van der Waals surface area contributed by atoms with Crippen molar-refractivity contribution < 1.29 is 9.13 Å². The standard InChI is InChI=1S/C14H19FN4O/c1-3-4-16-8-11-5-12(15)7-13(6-11)20-9-14-18-17-10-19(14)2/h5-7,10,16H,3-4,8-9H2,1-2H3. The van der Waals surface area contributed by atoms with Crippen LogP contribution >= 0.6 is 0 Å². The van der Waals surface area contributed by atoms with E-state index in [0.717, 1.165) is 18.5 Å². The van der Waals surface area contributed by atoms with E-state index < -0.39 is 0 Å². The summed E-state index contributed by atoms with van der Waals surface area (Å²) in [6, 6.07) is 4.72. The fraction of sp³-hybridized carbons (Fsp3) is 0.429. The van der Waals surface area contributed by atoms with Gasteiger partial charge < -0.3 is 14.6 Å². The highest BCUT2D eigenvalue weighted by Gasteiger charge is 2.05. The molecular formula is C14H19FN4O. The SMILES string of the molecule is CCCNCc1cc(F)cc(OCc2nncn2C)c1. The maximum atomic E-state index is 13.5. The molecule has 1 aromatic heterocycles. The quantitative estimate of drug-likeness (QED) is 0.787. The van der Waals surface area contributed by atoms with Crippen molar-refractivity contribution in [1.82, 2.24) is 20.1 Å². The molecule has 0 amide bonds. The van der Waals surface area contributed by atoms with Crippen LogP contribution in [0.4, 0.5) is 4.39 Å². The maximum absolute atomic E-state index is 13.5. The number of nitrogens with one attached hydrogen (secondary N) is 1. The molecule has 1 N–H and O–H groups in total. The predicted molar refractivity (Wildman–Crippen MR) is 73.7 cm³/mol. The van der Waals surface area contributed by atoms with Gasteiger partial charge in [-0.25, -0.2) is 4.39 Å². The third-order valence-electron chi connectivity index (χ3n) is 2.86. The van der Waals surface area contributed by atoms with E-state index in [-0.39, 0.29) is 12.4 Å². The first kappa shape index (κ1) is 14.5. The van der Waals surface area contributed by atoms with E-state index in [9.17, 15) is 4.39 Å². The van der Waals surface area contributed by atoms with E-state index in [1.54, 1.807) is 10.9 Å². The fourth-order valence-corrected chi connectivity index (χ4v) is 1.80. The van der Waals surface area contributed by atoms with Crippen LogP contribution in [0, 0.1) is 5.82 Å². The summed E-state index contributed by atoms with van der Waals surface area (Å²) in [7, 11) is 1.84. The highest BCUT2D eigenvalue weighted by atomic mass is 19.1. The van der Waals surface area contributed by atoms with Crippen molar-refractivity contribution in [3.63, 3.8) is 0 Å². The molecule has 0 aliphatic heterocycles. The zero-order chi connectivity index (χ0) is 14.4. The van der Waals surface area contributed by atoms with Gasteiger partial charge in [-0.1, -0.05) is 6.92 Å². The Morgan fingerprint density at radius 2 is 2.20 bits per heavy atom.